The van der Waals surface area contributed by atoms with Crippen molar-refractivity contribution in [3.05, 3.63) is 29.8 Å². The Balaban J connectivity index is 2.29. The molecule has 0 aliphatic carbocycles. The number of hydrogen-bond donors (Lipinski definition) is 0. The van der Waals surface area contributed by atoms with Gasteiger partial charge in [-0.1, -0.05) is 41.5 Å². The van der Waals surface area contributed by atoms with E-state index < -0.39 is 6.16 Å². The Morgan fingerprint density at radius 2 is 1.52 bits per heavy atom. The van der Waals surface area contributed by atoms with E-state index in [0.29, 0.717) is 30.8 Å². The van der Waals surface area contributed by atoms with E-state index in [2.05, 4.69) is 41.5 Å². The Hall–Kier alpha value is -2.55. The highest BCUT2D eigenvalue weighted by Crippen LogP contribution is 2.36. The summed E-state index contributed by atoms with van der Waals surface area (Å²) in [6.45, 7) is 13.0. The molecule has 160 valence electrons. The summed E-state index contributed by atoms with van der Waals surface area (Å²) in [6.07, 6.45) is 1.13. The van der Waals surface area contributed by atoms with Gasteiger partial charge in [0, 0.05) is 0 Å². The van der Waals surface area contributed by atoms with Gasteiger partial charge in [0.05, 0.1) is 30.8 Å². The van der Waals surface area contributed by atoms with Gasteiger partial charge in [-0.15, -0.1) is 0 Å². The summed E-state index contributed by atoms with van der Waals surface area (Å²) in [5.74, 6) is -0.0234. The summed E-state index contributed by atoms with van der Waals surface area (Å²) in [5, 5.41) is 8.74. The van der Waals surface area contributed by atoms with Crippen molar-refractivity contribution in [3.8, 4) is 11.8 Å². The minimum atomic E-state index is -0.801. The molecule has 1 atom stereocenters. The molecule has 0 radical (unpaired) electrons. The molecule has 1 aromatic rings. The number of hydrogen-bond acceptors (Lipinski definition) is 6. The van der Waals surface area contributed by atoms with E-state index in [1.165, 1.54) is 12.1 Å². The zero-order valence-corrected chi connectivity index (χ0v) is 18.4. The molecule has 0 amide bonds. The first kappa shape index (κ1) is 24.5. The molecule has 0 saturated carbocycles. The summed E-state index contributed by atoms with van der Waals surface area (Å²) in [4.78, 5) is 24.2. The maximum atomic E-state index is 12.5. The van der Waals surface area contributed by atoms with E-state index in [4.69, 9.17) is 19.5 Å². The standard InChI is InChI=1S/C23H33NO5/c1-22(2,3)15-19(23(4,5)6)20(25)27-13-7-8-14-28-21(26)29-18-11-9-17(16-24)10-12-18/h9-12,19H,7-8,13-15H2,1-6H3. The average molecular weight is 404 g/mol. The highest BCUT2D eigenvalue weighted by Gasteiger charge is 2.35. The average Bonchev–Trinajstić information content (AvgIpc) is 2.61. The Bertz CT molecular complexity index is 705. The van der Waals surface area contributed by atoms with Gasteiger partial charge in [-0.2, -0.15) is 5.26 Å². The predicted molar refractivity (Wildman–Crippen MR) is 110 cm³/mol. The Morgan fingerprint density at radius 1 is 0.966 bits per heavy atom. The SMILES string of the molecule is CC(C)(C)CC(C(=O)OCCCCOC(=O)Oc1ccc(C#N)cc1)C(C)(C)C. The molecule has 1 unspecified atom stereocenters. The number of nitrogens with zero attached hydrogens (tertiary/aromatic N) is 1. The Labute approximate surface area is 174 Å². The molecule has 29 heavy (non-hydrogen) atoms. The van der Waals surface area contributed by atoms with Gasteiger partial charge in [-0.3, -0.25) is 4.79 Å². The van der Waals surface area contributed by atoms with E-state index in [1.54, 1.807) is 12.1 Å². The fourth-order valence-electron chi connectivity index (χ4n) is 2.71. The third-order valence-corrected chi connectivity index (χ3v) is 4.33. The van der Waals surface area contributed by atoms with Crippen molar-refractivity contribution in [2.45, 2.75) is 60.8 Å². The molecule has 0 N–H and O–H groups in total. The summed E-state index contributed by atoms with van der Waals surface area (Å²) < 4.78 is 15.5. The summed E-state index contributed by atoms with van der Waals surface area (Å²) >= 11 is 0. The number of unbranched alkanes of at least 4 members (excludes halogenated alkanes) is 1. The lowest BCUT2D eigenvalue weighted by Gasteiger charge is -2.33. The van der Waals surface area contributed by atoms with Crippen molar-refractivity contribution in [1.29, 1.82) is 5.26 Å². The van der Waals surface area contributed by atoms with Gasteiger partial charge in [0.2, 0.25) is 0 Å². The van der Waals surface area contributed by atoms with Crippen LogP contribution in [0.5, 0.6) is 5.75 Å². The zero-order valence-electron chi connectivity index (χ0n) is 18.4. The van der Waals surface area contributed by atoms with Crippen molar-refractivity contribution in [2.75, 3.05) is 13.2 Å². The normalized spacial score (nSPS) is 12.6. The lowest BCUT2D eigenvalue weighted by atomic mass is 9.72. The van der Waals surface area contributed by atoms with E-state index in [-0.39, 0.29) is 29.3 Å². The number of esters is 1. The van der Waals surface area contributed by atoms with Crippen LogP contribution in [0, 0.1) is 28.1 Å². The van der Waals surface area contributed by atoms with Crippen LogP contribution in [0.1, 0.15) is 66.4 Å². The van der Waals surface area contributed by atoms with Gasteiger partial charge in [0.1, 0.15) is 5.75 Å². The second kappa shape index (κ2) is 10.8. The number of ether oxygens (including phenoxy) is 3. The van der Waals surface area contributed by atoms with Crippen LogP contribution >= 0.6 is 0 Å². The lowest BCUT2D eigenvalue weighted by molar-refractivity contribution is -0.154. The maximum absolute atomic E-state index is 12.5. The molecule has 0 saturated heterocycles. The van der Waals surface area contributed by atoms with Crippen LogP contribution in [0.15, 0.2) is 24.3 Å². The van der Waals surface area contributed by atoms with Gasteiger partial charge < -0.3 is 14.2 Å². The van der Waals surface area contributed by atoms with Gasteiger partial charge in [0.15, 0.2) is 0 Å². The minimum Gasteiger partial charge on any atom is -0.465 e. The number of carbonyl (C=O) groups excluding carboxylic acids is 2. The first-order chi connectivity index (χ1) is 13.4. The lowest BCUT2D eigenvalue weighted by Crippen LogP contribution is -2.33. The van der Waals surface area contributed by atoms with E-state index >= 15 is 0 Å². The molecule has 1 aromatic carbocycles. The molecule has 6 heteroatoms. The van der Waals surface area contributed by atoms with Gasteiger partial charge in [-0.05, 0) is 54.4 Å². The van der Waals surface area contributed by atoms with Crippen molar-refractivity contribution in [3.63, 3.8) is 0 Å². The molecular formula is C23H33NO5. The number of carbonyl (C=O) groups is 2. The number of benzene rings is 1. The van der Waals surface area contributed by atoms with Crippen LogP contribution in [0.25, 0.3) is 0 Å². The monoisotopic (exact) mass is 403 g/mol. The summed E-state index contributed by atoms with van der Waals surface area (Å²) in [5.41, 5.74) is 0.361. The molecule has 0 heterocycles. The van der Waals surface area contributed by atoms with Crippen molar-refractivity contribution in [1.82, 2.24) is 0 Å². The van der Waals surface area contributed by atoms with Gasteiger partial charge in [-0.25, -0.2) is 4.79 Å². The molecule has 0 fully saturated rings. The molecule has 6 nitrogen and oxygen atoms in total. The second-order valence-corrected chi connectivity index (χ2v) is 9.39. The number of rotatable bonds is 8. The highest BCUT2D eigenvalue weighted by atomic mass is 16.7. The van der Waals surface area contributed by atoms with E-state index in [0.717, 1.165) is 6.42 Å². The molecule has 0 spiro atoms. The molecule has 0 aliphatic heterocycles. The second-order valence-electron chi connectivity index (χ2n) is 9.39. The molecule has 0 aliphatic rings. The van der Waals surface area contributed by atoms with Crippen molar-refractivity contribution >= 4 is 12.1 Å². The minimum absolute atomic E-state index is 0.0418. The number of nitriles is 1. The Morgan fingerprint density at radius 3 is 2.00 bits per heavy atom. The summed E-state index contributed by atoms with van der Waals surface area (Å²) in [7, 11) is 0. The predicted octanol–water partition coefficient (Wildman–Crippen LogP) is 5.50. The summed E-state index contributed by atoms with van der Waals surface area (Å²) in [6, 6.07) is 8.16. The molecular weight excluding hydrogens is 370 g/mol. The van der Waals surface area contributed by atoms with Crippen molar-refractivity contribution < 1.29 is 23.8 Å². The fraction of sp³-hybridized carbons (Fsp3) is 0.609. The van der Waals surface area contributed by atoms with Crippen LogP contribution in [0.4, 0.5) is 4.79 Å². The van der Waals surface area contributed by atoms with Crippen LogP contribution in [0.3, 0.4) is 0 Å². The van der Waals surface area contributed by atoms with Crippen LogP contribution in [-0.4, -0.2) is 25.3 Å². The van der Waals surface area contributed by atoms with Gasteiger partial charge >= 0.3 is 12.1 Å². The van der Waals surface area contributed by atoms with Crippen LogP contribution < -0.4 is 4.74 Å². The van der Waals surface area contributed by atoms with E-state index in [1.807, 2.05) is 6.07 Å². The zero-order chi connectivity index (χ0) is 22.1. The quantitative estimate of drug-likeness (QED) is 0.324. The third kappa shape index (κ3) is 9.98. The topological polar surface area (TPSA) is 85.6 Å². The van der Waals surface area contributed by atoms with Gasteiger partial charge in [0.25, 0.3) is 0 Å². The van der Waals surface area contributed by atoms with E-state index in [9.17, 15) is 9.59 Å². The van der Waals surface area contributed by atoms with Crippen molar-refractivity contribution in [2.24, 2.45) is 16.7 Å². The van der Waals surface area contributed by atoms with Crippen LogP contribution in [-0.2, 0) is 14.3 Å². The Kier molecular flexibility index (Phi) is 9.16. The first-order valence-corrected chi connectivity index (χ1v) is 9.94. The molecule has 1 rings (SSSR count). The first-order valence-electron chi connectivity index (χ1n) is 9.94. The van der Waals surface area contributed by atoms with Crippen LogP contribution in [0.2, 0.25) is 0 Å². The fourth-order valence-corrected chi connectivity index (χ4v) is 2.71. The largest absolute Gasteiger partial charge is 0.513 e. The maximum Gasteiger partial charge on any atom is 0.513 e. The third-order valence-electron chi connectivity index (χ3n) is 4.33. The molecule has 0 aromatic heterocycles. The molecule has 0 bridgehead atoms. The smallest absolute Gasteiger partial charge is 0.465 e. The highest BCUT2D eigenvalue weighted by molar-refractivity contribution is 5.73.